The van der Waals surface area contributed by atoms with E-state index >= 15 is 0 Å². The third-order valence-corrected chi connectivity index (χ3v) is 5.78. The number of nitrogens with zero attached hydrogens (tertiary/aromatic N) is 1. The minimum Gasteiger partial charge on any atom is -0.418 e. The van der Waals surface area contributed by atoms with Crippen molar-refractivity contribution in [1.82, 2.24) is 4.72 Å². The van der Waals surface area contributed by atoms with Gasteiger partial charge in [-0.25, -0.2) is 12.8 Å². The molecule has 0 saturated heterocycles. The van der Waals surface area contributed by atoms with Gasteiger partial charge in [-0.2, -0.15) is 4.72 Å². The summed E-state index contributed by atoms with van der Waals surface area (Å²) in [5, 5.41) is 10.9. The van der Waals surface area contributed by atoms with Crippen LogP contribution in [-0.2, 0) is 27.7 Å². The van der Waals surface area contributed by atoms with Gasteiger partial charge in [-0.3, -0.25) is 14.9 Å². The molecule has 28 heavy (non-hydrogen) atoms. The van der Waals surface area contributed by atoms with Crippen LogP contribution in [0.1, 0.15) is 24.0 Å². The second-order valence-corrected chi connectivity index (χ2v) is 8.07. The van der Waals surface area contributed by atoms with Crippen molar-refractivity contribution in [2.24, 2.45) is 0 Å². The van der Waals surface area contributed by atoms with Gasteiger partial charge in [0.25, 0.3) is 0 Å². The Labute approximate surface area is 160 Å². The molecule has 0 heterocycles. The van der Waals surface area contributed by atoms with Crippen LogP contribution >= 0.6 is 0 Å². The van der Waals surface area contributed by atoms with Crippen LogP contribution < -0.4 is 9.46 Å². The molecule has 0 saturated carbocycles. The van der Waals surface area contributed by atoms with Gasteiger partial charge >= 0.3 is 11.7 Å². The summed E-state index contributed by atoms with van der Waals surface area (Å²) in [4.78, 5) is 22.0. The molecule has 0 radical (unpaired) electrons. The maximum Gasteiger partial charge on any atom is 0.326 e. The lowest BCUT2D eigenvalue weighted by atomic mass is 9.92. The van der Waals surface area contributed by atoms with E-state index in [-0.39, 0.29) is 4.90 Å². The Morgan fingerprint density at radius 1 is 1.14 bits per heavy atom. The van der Waals surface area contributed by atoms with E-state index in [1.807, 2.05) is 0 Å². The predicted octanol–water partition coefficient (Wildman–Crippen LogP) is 2.50. The summed E-state index contributed by atoms with van der Waals surface area (Å²) in [5.41, 5.74) is 1.47. The van der Waals surface area contributed by atoms with Gasteiger partial charge in [0, 0.05) is 12.1 Å². The Morgan fingerprint density at radius 3 is 2.57 bits per heavy atom. The summed E-state index contributed by atoms with van der Waals surface area (Å²) in [6, 6.07) is 7.21. The number of ether oxygens (including phenoxy) is 1. The first-order valence-corrected chi connectivity index (χ1v) is 10.0. The van der Waals surface area contributed by atoms with Crippen molar-refractivity contribution in [3.63, 3.8) is 0 Å². The van der Waals surface area contributed by atoms with Crippen LogP contribution in [0.4, 0.5) is 10.1 Å². The van der Waals surface area contributed by atoms with E-state index in [0.717, 1.165) is 48.9 Å². The molecule has 0 spiro atoms. The molecule has 8 nitrogen and oxygen atoms in total. The molecule has 0 fully saturated rings. The Kier molecular flexibility index (Phi) is 5.71. The van der Waals surface area contributed by atoms with Crippen molar-refractivity contribution in [2.45, 2.75) is 30.6 Å². The van der Waals surface area contributed by atoms with Crippen LogP contribution in [0, 0.1) is 15.9 Å². The standard InChI is InChI=1S/C18H17FN2O6S/c19-14-6-8-16(21(23)24)17(10-14)27-18(22)11-20-28(25,26)15-7-5-12-3-1-2-4-13(12)9-15/h5-10,20H,1-4,11H2. The second-order valence-electron chi connectivity index (χ2n) is 6.31. The van der Waals surface area contributed by atoms with Crippen molar-refractivity contribution in [3.8, 4) is 5.75 Å². The average molecular weight is 408 g/mol. The van der Waals surface area contributed by atoms with Crippen LogP contribution in [0.3, 0.4) is 0 Å². The molecule has 3 rings (SSSR count). The lowest BCUT2D eigenvalue weighted by molar-refractivity contribution is -0.385. The maximum absolute atomic E-state index is 13.3. The van der Waals surface area contributed by atoms with Crippen LogP contribution in [0.5, 0.6) is 5.75 Å². The number of halogens is 1. The number of esters is 1. The van der Waals surface area contributed by atoms with Gasteiger partial charge in [-0.05, 0) is 55.0 Å². The van der Waals surface area contributed by atoms with Crippen LogP contribution in [-0.4, -0.2) is 25.9 Å². The van der Waals surface area contributed by atoms with E-state index in [1.165, 1.54) is 6.07 Å². The Morgan fingerprint density at radius 2 is 1.86 bits per heavy atom. The number of hydrogen-bond donors (Lipinski definition) is 1. The fourth-order valence-corrected chi connectivity index (χ4v) is 4.01. The first-order chi connectivity index (χ1) is 13.3. The molecule has 1 N–H and O–H groups in total. The van der Waals surface area contributed by atoms with Gasteiger partial charge in [0.15, 0.2) is 0 Å². The normalized spacial score (nSPS) is 13.6. The Bertz CT molecular complexity index is 1040. The first-order valence-electron chi connectivity index (χ1n) is 8.52. The monoisotopic (exact) mass is 408 g/mol. The highest BCUT2D eigenvalue weighted by molar-refractivity contribution is 7.89. The number of carbonyl (C=O) groups excluding carboxylic acids is 1. The number of sulfonamides is 1. The fraction of sp³-hybridized carbons (Fsp3) is 0.278. The number of hydrogen-bond acceptors (Lipinski definition) is 6. The van der Waals surface area contributed by atoms with E-state index in [9.17, 15) is 27.7 Å². The average Bonchev–Trinajstić information content (AvgIpc) is 2.66. The zero-order valence-corrected chi connectivity index (χ0v) is 15.5. The van der Waals surface area contributed by atoms with Gasteiger partial charge in [0.1, 0.15) is 12.4 Å². The maximum atomic E-state index is 13.3. The third-order valence-electron chi connectivity index (χ3n) is 4.38. The summed E-state index contributed by atoms with van der Waals surface area (Å²) < 4.78 is 45.0. The summed E-state index contributed by atoms with van der Waals surface area (Å²) in [7, 11) is -3.97. The van der Waals surface area contributed by atoms with Crippen LogP contribution in [0.2, 0.25) is 0 Å². The largest absolute Gasteiger partial charge is 0.418 e. The third kappa shape index (κ3) is 4.52. The van der Waals surface area contributed by atoms with Crippen molar-refractivity contribution in [2.75, 3.05) is 6.54 Å². The van der Waals surface area contributed by atoms with Crippen molar-refractivity contribution < 1.29 is 27.3 Å². The highest BCUT2D eigenvalue weighted by Gasteiger charge is 2.22. The molecule has 1 aliphatic rings. The molecule has 1 aliphatic carbocycles. The number of benzene rings is 2. The number of carbonyl (C=O) groups is 1. The smallest absolute Gasteiger partial charge is 0.326 e. The van der Waals surface area contributed by atoms with Gasteiger partial charge in [0.2, 0.25) is 15.8 Å². The Hall–Kier alpha value is -2.85. The number of nitro groups is 1. The Balaban J connectivity index is 1.69. The highest BCUT2D eigenvalue weighted by Crippen LogP contribution is 2.27. The molecule has 0 amide bonds. The molecule has 0 unspecified atom stereocenters. The molecular formula is C18H17FN2O6S. The molecular weight excluding hydrogens is 391 g/mol. The molecule has 0 atom stereocenters. The predicted molar refractivity (Wildman–Crippen MR) is 97.0 cm³/mol. The SMILES string of the molecule is O=C(CNS(=O)(=O)c1ccc2c(c1)CCCC2)Oc1cc(F)ccc1[N+](=O)[O-]. The summed E-state index contributed by atoms with van der Waals surface area (Å²) in [6.07, 6.45) is 3.75. The lowest BCUT2D eigenvalue weighted by Gasteiger charge is -2.16. The molecule has 0 bridgehead atoms. The van der Waals surface area contributed by atoms with Crippen molar-refractivity contribution in [3.05, 3.63) is 63.5 Å². The molecule has 2 aromatic rings. The molecule has 148 valence electrons. The summed E-state index contributed by atoms with van der Waals surface area (Å²) in [5.74, 6) is -2.53. The number of nitro benzene ring substituents is 1. The number of fused-ring (bicyclic) bond motifs is 1. The van der Waals surface area contributed by atoms with E-state index in [2.05, 4.69) is 4.72 Å². The topological polar surface area (TPSA) is 116 Å². The van der Waals surface area contributed by atoms with E-state index in [0.29, 0.717) is 6.07 Å². The van der Waals surface area contributed by atoms with Gasteiger partial charge in [-0.1, -0.05) is 6.07 Å². The quantitative estimate of drug-likeness (QED) is 0.340. The molecule has 0 aliphatic heterocycles. The lowest BCUT2D eigenvalue weighted by Crippen LogP contribution is -2.32. The zero-order valence-electron chi connectivity index (χ0n) is 14.7. The van der Waals surface area contributed by atoms with E-state index in [4.69, 9.17) is 4.74 Å². The second kappa shape index (κ2) is 8.03. The van der Waals surface area contributed by atoms with Crippen molar-refractivity contribution >= 4 is 21.7 Å². The number of rotatable bonds is 6. The zero-order chi connectivity index (χ0) is 20.3. The first kappa shape index (κ1) is 19.9. The van der Waals surface area contributed by atoms with E-state index in [1.54, 1.807) is 12.1 Å². The molecule has 0 aromatic heterocycles. The highest BCUT2D eigenvalue weighted by atomic mass is 32.2. The number of aryl methyl sites for hydroxylation is 2. The molecule has 10 heteroatoms. The van der Waals surface area contributed by atoms with Gasteiger partial charge in [0.05, 0.1) is 9.82 Å². The van der Waals surface area contributed by atoms with Crippen molar-refractivity contribution in [1.29, 1.82) is 0 Å². The fourth-order valence-electron chi connectivity index (χ4n) is 2.99. The van der Waals surface area contributed by atoms with E-state index < -0.39 is 44.7 Å². The van der Waals surface area contributed by atoms with Gasteiger partial charge < -0.3 is 4.74 Å². The minimum atomic E-state index is -3.97. The van der Waals surface area contributed by atoms with Crippen LogP contribution in [0.25, 0.3) is 0 Å². The summed E-state index contributed by atoms with van der Waals surface area (Å²) >= 11 is 0. The van der Waals surface area contributed by atoms with Gasteiger partial charge in [-0.15, -0.1) is 0 Å². The minimum absolute atomic E-state index is 0.0256. The molecule has 2 aromatic carbocycles. The number of nitrogens with one attached hydrogen (secondary N) is 1. The van der Waals surface area contributed by atoms with Crippen LogP contribution in [0.15, 0.2) is 41.3 Å². The summed E-state index contributed by atoms with van der Waals surface area (Å²) in [6.45, 7) is -0.757.